The zero-order chi connectivity index (χ0) is 26.3. The van der Waals surface area contributed by atoms with Gasteiger partial charge < -0.3 is 19.7 Å². The number of ketones is 3. The summed E-state index contributed by atoms with van der Waals surface area (Å²) in [5, 5.41) is 18.2. The van der Waals surface area contributed by atoms with Crippen molar-refractivity contribution in [3.8, 4) is 11.5 Å². The van der Waals surface area contributed by atoms with Gasteiger partial charge >= 0.3 is 0 Å². The highest BCUT2D eigenvalue weighted by Crippen LogP contribution is 2.44. The quantitative estimate of drug-likeness (QED) is 0.512. The largest absolute Gasteiger partial charge is 0.497 e. The molecule has 0 aromatic heterocycles. The number of aliphatic hydroxyl groups excluding tert-OH is 2. The molecule has 0 bridgehead atoms. The second-order valence-corrected chi connectivity index (χ2v) is 9.48. The lowest BCUT2D eigenvalue weighted by Crippen LogP contribution is -2.30. The van der Waals surface area contributed by atoms with Crippen molar-refractivity contribution in [1.29, 1.82) is 0 Å². The fourth-order valence-corrected chi connectivity index (χ4v) is 5.17. The maximum atomic E-state index is 12.7. The van der Waals surface area contributed by atoms with Crippen LogP contribution in [-0.4, -0.2) is 55.0 Å². The van der Waals surface area contributed by atoms with Crippen molar-refractivity contribution < 1.29 is 34.1 Å². The Morgan fingerprint density at radius 2 is 1.58 bits per heavy atom. The smallest absolute Gasteiger partial charge is 0.169 e. The van der Waals surface area contributed by atoms with E-state index in [1.807, 2.05) is 25.1 Å². The molecular formula is C29H36O7. The molecule has 194 valence electrons. The number of carbonyl (C=O) groups is 3. The maximum Gasteiger partial charge on any atom is 0.169 e. The van der Waals surface area contributed by atoms with Gasteiger partial charge in [-0.1, -0.05) is 6.92 Å². The van der Waals surface area contributed by atoms with Gasteiger partial charge in [0.05, 0.1) is 14.2 Å². The highest BCUT2D eigenvalue weighted by atomic mass is 16.5. The van der Waals surface area contributed by atoms with Crippen LogP contribution in [0, 0.1) is 11.3 Å². The van der Waals surface area contributed by atoms with Crippen LogP contribution in [0.1, 0.15) is 70.9 Å². The number of ether oxygens (including phenoxy) is 2. The van der Waals surface area contributed by atoms with Gasteiger partial charge in [0.15, 0.2) is 11.6 Å². The zero-order valence-electron chi connectivity index (χ0n) is 21.3. The summed E-state index contributed by atoms with van der Waals surface area (Å²) in [6.07, 6.45) is 3.66. The number of hydrogen-bond acceptors (Lipinski definition) is 7. The predicted octanol–water partition coefficient (Wildman–Crippen LogP) is 3.99. The third-order valence-corrected chi connectivity index (χ3v) is 7.33. The Hall–Kier alpha value is -3.03. The second kappa shape index (κ2) is 12.3. The van der Waals surface area contributed by atoms with Gasteiger partial charge in [-0.3, -0.25) is 14.4 Å². The molecule has 0 radical (unpaired) electrons. The van der Waals surface area contributed by atoms with Crippen molar-refractivity contribution in [3.05, 3.63) is 58.7 Å². The number of aliphatic hydroxyl groups is 2. The Labute approximate surface area is 212 Å². The molecule has 2 unspecified atom stereocenters. The molecule has 2 aliphatic carbocycles. The van der Waals surface area contributed by atoms with Crippen LogP contribution in [0.2, 0.25) is 0 Å². The average molecular weight is 497 g/mol. The zero-order valence-corrected chi connectivity index (χ0v) is 21.3. The molecule has 0 amide bonds. The van der Waals surface area contributed by atoms with Crippen molar-refractivity contribution >= 4 is 17.3 Å². The van der Waals surface area contributed by atoms with Crippen LogP contribution in [0.3, 0.4) is 0 Å². The molecule has 2 aliphatic rings. The van der Waals surface area contributed by atoms with Gasteiger partial charge in [-0.25, -0.2) is 0 Å². The lowest BCUT2D eigenvalue weighted by Gasteiger charge is -2.26. The van der Waals surface area contributed by atoms with Crippen molar-refractivity contribution in [2.24, 2.45) is 11.3 Å². The molecule has 2 N–H and O–H groups in total. The van der Waals surface area contributed by atoms with E-state index in [-0.39, 0.29) is 36.5 Å². The van der Waals surface area contributed by atoms with E-state index in [1.165, 1.54) is 0 Å². The van der Waals surface area contributed by atoms with Gasteiger partial charge in [0.25, 0.3) is 0 Å². The van der Waals surface area contributed by atoms with Crippen molar-refractivity contribution in [3.63, 3.8) is 0 Å². The molecule has 0 spiro atoms. The van der Waals surface area contributed by atoms with Crippen LogP contribution in [0.15, 0.2) is 36.4 Å². The summed E-state index contributed by atoms with van der Waals surface area (Å²) in [6, 6.07) is 11.0. The molecule has 2 aromatic rings. The number of Topliss-reactive ketones (excluding diaryl/α,β-unsaturated/α-hetero) is 3. The summed E-state index contributed by atoms with van der Waals surface area (Å²) in [7, 11) is 3.21. The Morgan fingerprint density at radius 1 is 0.944 bits per heavy atom. The Bertz CT molecular complexity index is 1110. The third kappa shape index (κ3) is 5.85. The first-order valence-corrected chi connectivity index (χ1v) is 12.5. The topological polar surface area (TPSA) is 110 Å². The highest BCUT2D eigenvalue weighted by Gasteiger charge is 2.44. The lowest BCUT2D eigenvalue weighted by atomic mass is 9.76. The van der Waals surface area contributed by atoms with Gasteiger partial charge in [0.1, 0.15) is 17.3 Å². The molecule has 7 nitrogen and oxygen atoms in total. The molecule has 7 heteroatoms. The highest BCUT2D eigenvalue weighted by molar-refractivity contribution is 6.05. The molecule has 0 saturated heterocycles. The van der Waals surface area contributed by atoms with Crippen molar-refractivity contribution in [2.75, 3.05) is 27.4 Å². The van der Waals surface area contributed by atoms with E-state index >= 15 is 0 Å². The van der Waals surface area contributed by atoms with Gasteiger partial charge in [-0.05, 0) is 79.6 Å². The number of fused-ring (bicyclic) bond motifs is 2. The van der Waals surface area contributed by atoms with Crippen LogP contribution in [0.25, 0.3) is 0 Å². The summed E-state index contributed by atoms with van der Waals surface area (Å²) < 4.78 is 10.3. The first-order chi connectivity index (χ1) is 17.3. The number of rotatable bonds is 10. The van der Waals surface area contributed by atoms with E-state index in [0.717, 1.165) is 34.6 Å². The molecule has 0 heterocycles. The Morgan fingerprint density at radius 3 is 2.17 bits per heavy atom. The van der Waals surface area contributed by atoms with E-state index < -0.39 is 5.41 Å². The molecule has 2 atom stereocenters. The summed E-state index contributed by atoms with van der Waals surface area (Å²) in [5.74, 6) is 1.84. The second-order valence-electron chi connectivity index (χ2n) is 9.48. The normalized spacial score (nSPS) is 19.9. The molecule has 0 fully saturated rings. The van der Waals surface area contributed by atoms with E-state index in [9.17, 15) is 19.5 Å². The predicted molar refractivity (Wildman–Crippen MR) is 136 cm³/mol. The number of benzene rings is 2. The fourth-order valence-electron chi connectivity index (χ4n) is 5.17. The number of hydrogen-bond donors (Lipinski definition) is 2. The minimum atomic E-state index is -0.631. The van der Waals surface area contributed by atoms with Gasteiger partial charge in [-0.15, -0.1) is 0 Å². The molecule has 36 heavy (non-hydrogen) atoms. The van der Waals surface area contributed by atoms with Crippen LogP contribution in [0.4, 0.5) is 0 Å². The van der Waals surface area contributed by atoms with Crippen LogP contribution in [0.5, 0.6) is 11.5 Å². The summed E-state index contributed by atoms with van der Waals surface area (Å²) in [5.41, 5.74) is 2.85. The molecule has 0 saturated carbocycles. The van der Waals surface area contributed by atoms with Crippen LogP contribution >= 0.6 is 0 Å². The molecule has 0 aliphatic heterocycles. The summed E-state index contributed by atoms with van der Waals surface area (Å²) in [4.78, 5) is 36.2. The lowest BCUT2D eigenvalue weighted by molar-refractivity contribution is -0.119. The number of carbonyl (C=O) groups excluding carboxylic acids is 3. The monoisotopic (exact) mass is 496 g/mol. The van der Waals surface area contributed by atoms with Crippen LogP contribution in [-0.2, 0) is 17.6 Å². The minimum absolute atomic E-state index is 0.0443. The molecule has 4 rings (SSSR count). The van der Waals surface area contributed by atoms with E-state index in [2.05, 4.69) is 0 Å². The summed E-state index contributed by atoms with van der Waals surface area (Å²) in [6.45, 7) is 1.86. The third-order valence-electron chi connectivity index (χ3n) is 7.33. The van der Waals surface area contributed by atoms with E-state index in [1.54, 1.807) is 32.4 Å². The molecule has 2 aromatic carbocycles. The minimum Gasteiger partial charge on any atom is -0.497 e. The first-order valence-electron chi connectivity index (χ1n) is 12.5. The summed E-state index contributed by atoms with van der Waals surface area (Å²) >= 11 is 0. The van der Waals surface area contributed by atoms with Gasteiger partial charge in [0.2, 0.25) is 0 Å². The Kier molecular flexibility index (Phi) is 9.40. The maximum absolute atomic E-state index is 12.7. The van der Waals surface area contributed by atoms with Crippen LogP contribution < -0.4 is 9.47 Å². The van der Waals surface area contributed by atoms with Crippen molar-refractivity contribution in [1.82, 2.24) is 0 Å². The first kappa shape index (κ1) is 27.6. The standard InChI is InChI=1S/C17H22O4.C12H14O3/c1-3-13(19)6-7-17(8-9-18)11-12-10-14(21-2)4-5-15(12)16(17)20;1-15-10-2-3-11-9(7-10)6-8(4-5-13)12(11)14/h4-5,10,18H,3,6-9,11H2,1-2H3;2-3,7-8,13H,4-6H2,1H3. The molecular weight excluding hydrogens is 460 g/mol. The number of methoxy groups -OCH3 is 2. The van der Waals surface area contributed by atoms with E-state index in [4.69, 9.17) is 14.6 Å². The average Bonchev–Trinajstić information content (AvgIpc) is 3.35. The SMILES string of the molecule is CCC(=O)CCC1(CCO)Cc2cc(OC)ccc2C1=O.COc1ccc2c(c1)CC(CCO)C2=O. The van der Waals surface area contributed by atoms with Gasteiger partial charge in [-0.2, -0.15) is 0 Å². The van der Waals surface area contributed by atoms with Crippen molar-refractivity contribution in [2.45, 2.75) is 51.9 Å². The Balaban J connectivity index is 0.000000212. The van der Waals surface area contributed by atoms with Gasteiger partial charge in [0, 0.05) is 48.5 Å². The fraction of sp³-hybridized carbons (Fsp3) is 0.483. The van der Waals surface area contributed by atoms with E-state index in [0.29, 0.717) is 44.1 Å².